The van der Waals surface area contributed by atoms with E-state index in [9.17, 15) is 0 Å². The lowest BCUT2D eigenvalue weighted by Crippen LogP contribution is -2.09. The Morgan fingerprint density at radius 2 is 2.29 bits per heavy atom. The minimum absolute atomic E-state index is 0.437. The molecule has 0 aliphatic heterocycles. The minimum atomic E-state index is 0.437. The molecule has 0 saturated carbocycles. The minimum Gasteiger partial charge on any atom is -0.378 e. The first-order valence-electron chi connectivity index (χ1n) is 6.60. The first-order valence-corrected chi connectivity index (χ1v) is 6.60. The second-order valence-corrected chi connectivity index (χ2v) is 4.69. The molecule has 0 radical (unpaired) electrons. The highest BCUT2D eigenvalue weighted by Crippen LogP contribution is 2.14. The van der Waals surface area contributed by atoms with Crippen molar-refractivity contribution in [3.05, 3.63) is 47.7 Å². The van der Waals surface area contributed by atoms with Gasteiger partial charge in [0, 0.05) is 32.1 Å². The van der Waals surface area contributed by atoms with Crippen LogP contribution in [0.1, 0.15) is 16.8 Å². The Bertz CT molecular complexity index is 754. The van der Waals surface area contributed by atoms with Crippen LogP contribution in [-0.2, 0) is 17.9 Å². The molecule has 0 saturated heterocycles. The van der Waals surface area contributed by atoms with E-state index in [0.717, 1.165) is 17.1 Å². The lowest BCUT2D eigenvalue weighted by atomic mass is 10.1. The third kappa shape index (κ3) is 2.82. The number of methoxy groups -OCH3 is 1. The zero-order valence-corrected chi connectivity index (χ0v) is 11.9. The number of hydrogen-bond donors (Lipinski definition) is 1. The topological polar surface area (TPSA) is 77.2 Å². The van der Waals surface area contributed by atoms with Crippen LogP contribution in [0.5, 0.6) is 0 Å². The highest BCUT2D eigenvalue weighted by atomic mass is 16.5. The highest BCUT2D eigenvalue weighted by molar-refractivity contribution is 5.45. The van der Waals surface area contributed by atoms with Crippen LogP contribution in [-0.4, -0.2) is 31.7 Å². The molecule has 3 aromatic heterocycles. The number of nitrogens with one attached hydrogen (secondary N) is 1. The number of anilines is 1. The average Bonchev–Trinajstić information content (AvgIpc) is 2.95. The van der Waals surface area contributed by atoms with Crippen LogP contribution in [0.15, 0.2) is 30.9 Å². The molecule has 3 heterocycles. The maximum Gasteiger partial charge on any atom is 0.254 e. The van der Waals surface area contributed by atoms with Crippen LogP contribution < -0.4 is 5.32 Å². The van der Waals surface area contributed by atoms with Crippen LogP contribution in [0.3, 0.4) is 0 Å². The maximum absolute atomic E-state index is 5.13. The van der Waals surface area contributed by atoms with Crippen molar-refractivity contribution in [2.24, 2.45) is 0 Å². The molecule has 21 heavy (non-hydrogen) atoms. The summed E-state index contributed by atoms with van der Waals surface area (Å²) in [6.07, 6.45) is 5.13. The van der Waals surface area contributed by atoms with Crippen LogP contribution >= 0.6 is 0 Å². The van der Waals surface area contributed by atoms with Crippen molar-refractivity contribution in [1.29, 1.82) is 0 Å². The molecule has 0 aliphatic rings. The molecule has 0 bridgehead atoms. The standard InChI is InChI=1S/C14H16N6O/c1-10-6-15-4-3-11(10)7-16-13-5-12(8-21-2)19-14-17-9-18-20(13)14/h3-6,9,16H,7-8H2,1-2H3. The van der Waals surface area contributed by atoms with Crippen LogP contribution in [0.2, 0.25) is 0 Å². The van der Waals surface area contributed by atoms with Gasteiger partial charge in [-0.25, -0.2) is 4.98 Å². The molecule has 0 atom stereocenters. The van der Waals surface area contributed by atoms with Gasteiger partial charge in [-0.15, -0.1) is 0 Å². The number of pyridine rings is 1. The third-order valence-corrected chi connectivity index (χ3v) is 3.19. The smallest absolute Gasteiger partial charge is 0.254 e. The van der Waals surface area contributed by atoms with Crippen LogP contribution in [0.25, 0.3) is 5.78 Å². The number of fused-ring (bicyclic) bond motifs is 1. The van der Waals surface area contributed by atoms with E-state index in [2.05, 4.69) is 25.4 Å². The van der Waals surface area contributed by atoms with Gasteiger partial charge in [-0.3, -0.25) is 4.98 Å². The van der Waals surface area contributed by atoms with Gasteiger partial charge in [0.05, 0.1) is 12.3 Å². The van der Waals surface area contributed by atoms with Gasteiger partial charge in [-0.05, 0) is 24.1 Å². The summed E-state index contributed by atoms with van der Waals surface area (Å²) in [7, 11) is 1.64. The fourth-order valence-electron chi connectivity index (χ4n) is 2.10. The number of aromatic nitrogens is 5. The fraction of sp³-hybridized carbons (Fsp3) is 0.286. The summed E-state index contributed by atoms with van der Waals surface area (Å²) < 4.78 is 6.81. The molecule has 0 unspecified atom stereocenters. The number of nitrogens with zero attached hydrogens (tertiary/aromatic N) is 5. The van der Waals surface area contributed by atoms with E-state index >= 15 is 0 Å². The summed E-state index contributed by atoms with van der Waals surface area (Å²) in [6.45, 7) is 3.16. The van der Waals surface area contributed by atoms with Crippen molar-refractivity contribution in [3.63, 3.8) is 0 Å². The first kappa shape index (κ1) is 13.4. The third-order valence-electron chi connectivity index (χ3n) is 3.19. The molecule has 7 heteroatoms. The molecule has 108 valence electrons. The van der Waals surface area contributed by atoms with Crippen molar-refractivity contribution in [2.75, 3.05) is 12.4 Å². The van der Waals surface area contributed by atoms with Crippen molar-refractivity contribution in [2.45, 2.75) is 20.1 Å². The van der Waals surface area contributed by atoms with Crippen molar-refractivity contribution < 1.29 is 4.74 Å². The second kappa shape index (κ2) is 5.84. The van der Waals surface area contributed by atoms with E-state index < -0.39 is 0 Å². The zero-order chi connectivity index (χ0) is 14.7. The molecule has 1 N–H and O–H groups in total. The van der Waals surface area contributed by atoms with Gasteiger partial charge < -0.3 is 10.1 Å². The Hall–Kier alpha value is -2.54. The van der Waals surface area contributed by atoms with Crippen molar-refractivity contribution >= 4 is 11.6 Å². The SMILES string of the molecule is COCc1cc(NCc2ccncc2C)n2ncnc2n1. The van der Waals surface area contributed by atoms with Gasteiger partial charge >= 0.3 is 0 Å². The Morgan fingerprint density at radius 1 is 1.38 bits per heavy atom. The lowest BCUT2D eigenvalue weighted by Gasteiger charge is -2.11. The number of ether oxygens (including phenoxy) is 1. The normalized spacial score (nSPS) is 11.0. The van der Waals surface area contributed by atoms with E-state index in [1.807, 2.05) is 25.3 Å². The molecule has 0 fully saturated rings. The molecule has 3 aromatic rings. The Labute approximate surface area is 122 Å². The van der Waals surface area contributed by atoms with Gasteiger partial charge in [0.1, 0.15) is 12.1 Å². The molecule has 3 rings (SSSR count). The molecule has 0 spiro atoms. The van der Waals surface area contributed by atoms with E-state index in [1.54, 1.807) is 17.8 Å². The molecule has 0 aliphatic carbocycles. The monoisotopic (exact) mass is 284 g/mol. The Kier molecular flexibility index (Phi) is 3.74. The van der Waals surface area contributed by atoms with E-state index in [0.29, 0.717) is 18.9 Å². The van der Waals surface area contributed by atoms with E-state index in [4.69, 9.17) is 4.74 Å². The van der Waals surface area contributed by atoms with Gasteiger partial charge in [0.2, 0.25) is 0 Å². The summed E-state index contributed by atoms with van der Waals surface area (Å²) in [5, 5.41) is 7.55. The Balaban J connectivity index is 1.89. The first-order chi connectivity index (χ1) is 10.3. The van der Waals surface area contributed by atoms with Crippen LogP contribution in [0.4, 0.5) is 5.82 Å². The Morgan fingerprint density at radius 3 is 3.10 bits per heavy atom. The molecule has 0 amide bonds. The number of hydrogen-bond acceptors (Lipinski definition) is 6. The summed E-state index contributed by atoms with van der Waals surface area (Å²) in [4.78, 5) is 12.6. The molecule has 7 nitrogen and oxygen atoms in total. The predicted molar refractivity (Wildman–Crippen MR) is 77.8 cm³/mol. The highest BCUT2D eigenvalue weighted by Gasteiger charge is 2.08. The number of aryl methyl sites for hydroxylation is 1. The largest absolute Gasteiger partial charge is 0.378 e. The predicted octanol–water partition coefficient (Wildman–Crippen LogP) is 1.59. The molecular formula is C14H16N6O. The van der Waals surface area contributed by atoms with Gasteiger partial charge in [0.15, 0.2) is 0 Å². The van der Waals surface area contributed by atoms with Crippen molar-refractivity contribution in [1.82, 2.24) is 24.6 Å². The average molecular weight is 284 g/mol. The van der Waals surface area contributed by atoms with E-state index in [1.165, 1.54) is 11.9 Å². The van der Waals surface area contributed by atoms with Gasteiger partial charge in [-0.2, -0.15) is 14.6 Å². The quantitative estimate of drug-likeness (QED) is 0.766. The fourth-order valence-corrected chi connectivity index (χ4v) is 2.10. The summed E-state index contributed by atoms with van der Waals surface area (Å²) in [5.74, 6) is 1.39. The summed E-state index contributed by atoms with van der Waals surface area (Å²) in [6, 6.07) is 3.92. The van der Waals surface area contributed by atoms with Crippen molar-refractivity contribution in [3.8, 4) is 0 Å². The van der Waals surface area contributed by atoms with Gasteiger partial charge in [0.25, 0.3) is 5.78 Å². The molecule has 0 aromatic carbocycles. The lowest BCUT2D eigenvalue weighted by molar-refractivity contribution is 0.181. The van der Waals surface area contributed by atoms with Gasteiger partial charge in [-0.1, -0.05) is 0 Å². The van der Waals surface area contributed by atoms with Crippen LogP contribution in [0, 0.1) is 6.92 Å². The summed E-state index contributed by atoms with van der Waals surface area (Å²) >= 11 is 0. The maximum atomic E-state index is 5.13. The second-order valence-electron chi connectivity index (χ2n) is 4.69. The molecular weight excluding hydrogens is 268 g/mol. The summed E-state index contributed by atoms with van der Waals surface area (Å²) in [5.41, 5.74) is 3.14. The van der Waals surface area contributed by atoms with E-state index in [-0.39, 0.29) is 0 Å². The zero-order valence-electron chi connectivity index (χ0n) is 11.9. The number of rotatable bonds is 5.